The van der Waals surface area contributed by atoms with Gasteiger partial charge < -0.3 is 5.73 Å². The molecular formula is C14H13NO2S. The second kappa shape index (κ2) is 5.60. The Hall–Kier alpha value is -1.94. The second-order valence-corrected chi connectivity index (χ2v) is 5.29. The molecule has 0 radical (unpaired) electrons. The summed E-state index contributed by atoms with van der Waals surface area (Å²) in [5, 5.41) is -1.31. The molecule has 1 unspecified atom stereocenters. The lowest BCUT2D eigenvalue weighted by Crippen LogP contribution is -2.22. The predicted octanol–water partition coefficient (Wildman–Crippen LogP) is 2.60. The van der Waals surface area contributed by atoms with Gasteiger partial charge in [-0.2, -0.15) is 0 Å². The third-order valence-electron chi connectivity index (χ3n) is 2.62. The predicted molar refractivity (Wildman–Crippen MR) is 72.5 cm³/mol. The van der Waals surface area contributed by atoms with Gasteiger partial charge in [-0.25, -0.2) is 4.21 Å². The van der Waals surface area contributed by atoms with Crippen molar-refractivity contribution in [3.63, 3.8) is 0 Å². The molecule has 4 heteroatoms. The van der Waals surface area contributed by atoms with Crippen molar-refractivity contribution in [1.82, 2.24) is 0 Å². The van der Waals surface area contributed by atoms with Crippen LogP contribution in [0.2, 0.25) is 0 Å². The number of benzene rings is 2. The van der Waals surface area contributed by atoms with Crippen molar-refractivity contribution in [3.05, 3.63) is 71.8 Å². The summed E-state index contributed by atoms with van der Waals surface area (Å²) in [6.45, 7) is 0. The van der Waals surface area contributed by atoms with Gasteiger partial charge in [0.05, 0.1) is 5.25 Å². The van der Waals surface area contributed by atoms with E-state index in [1.807, 2.05) is 60.7 Å². The van der Waals surface area contributed by atoms with E-state index < -0.39 is 21.3 Å². The fourth-order valence-corrected chi connectivity index (χ4v) is 2.85. The minimum Gasteiger partial charge on any atom is -0.358 e. The van der Waals surface area contributed by atoms with Crippen LogP contribution < -0.4 is 5.73 Å². The molecule has 1 atom stereocenters. The van der Waals surface area contributed by atoms with Gasteiger partial charge in [-0.05, 0) is 11.1 Å². The molecule has 2 N–H and O–H groups in total. The lowest BCUT2D eigenvalue weighted by Gasteiger charge is -2.15. The number of rotatable bonds is 3. The van der Waals surface area contributed by atoms with Crippen molar-refractivity contribution < 1.29 is 9.00 Å². The molecule has 2 aromatic rings. The Bertz CT molecular complexity index is 515. The molecule has 0 aliphatic carbocycles. The van der Waals surface area contributed by atoms with E-state index >= 15 is 0 Å². The summed E-state index contributed by atoms with van der Waals surface area (Å²) in [7, 11) is -1.77. The van der Waals surface area contributed by atoms with E-state index in [4.69, 9.17) is 5.73 Å². The monoisotopic (exact) mass is 259 g/mol. The number of nitrogens with two attached hydrogens (primary N) is 1. The van der Waals surface area contributed by atoms with Crippen molar-refractivity contribution in [2.45, 2.75) is 5.25 Å². The molecule has 3 nitrogen and oxygen atoms in total. The minimum absolute atomic E-state index is 0.509. The molecular weight excluding hydrogens is 246 g/mol. The molecule has 0 aromatic heterocycles. The first-order valence-electron chi connectivity index (χ1n) is 5.50. The zero-order chi connectivity index (χ0) is 13.0. The van der Waals surface area contributed by atoms with Crippen LogP contribution in [0, 0.1) is 0 Å². The van der Waals surface area contributed by atoms with Crippen LogP contribution in [0.15, 0.2) is 60.7 Å². The number of hydrogen-bond donors (Lipinski definition) is 1. The molecule has 92 valence electrons. The van der Waals surface area contributed by atoms with Crippen LogP contribution in [-0.2, 0) is 10.8 Å². The number of carbonyl (C=O) groups excluding carboxylic acids is 1. The Labute approximate surface area is 108 Å². The van der Waals surface area contributed by atoms with Crippen LogP contribution in [-0.4, -0.2) is 9.45 Å². The van der Waals surface area contributed by atoms with E-state index in [1.54, 1.807) is 0 Å². The number of amides is 1. The smallest absolute Gasteiger partial charge is 0.307 e. The fourth-order valence-electron chi connectivity index (χ4n) is 1.81. The zero-order valence-corrected chi connectivity index (χ0v) is 10.5. The third-order valence-corrected chi connectivity index (χ3v) is 3.99. The van der Waals surface area contributed by atoms with Gasteiger partial charge >= 0.3 is 5.24 Å². The van der Waals surface area contributed by atoms with Crippen molar-refractivity contribution in [2.24, 2.45) is 5.73 Å². The van der Waals surface area contributed by atoms with Gasteiger partial charge in [0.1, 0.15) is 10.8 Å². The van der Waals surface area contributed by atoms with E-state index in [9.17, 15) is 9.00 Å². The fraction of sp³-hybridized carbons (Fsp3) is 0.0714. The summed E-state index contributed by atoms with van der Waals surface area (Å²) in [5.74, 6) is 0. The van der Waals surface area contributed by atoms with E-state index in [0.29, 0.717) is 0 Å². The number of hydrogen-bond acceptors (Lipinski definition) is 2. The Balaban J connectivity index is 2.48. The van der Waals surface area contributed by atoms with Gasteiger partial charge in [0.2, 0.25) is 0 Å². The summed E-state index contributed by atoms with van der Waals surface area (Å²) in [4.78, 5) is 11.2. The van der Waals surface area contributed by atoms with E-state index in [-0.39, 0.29) is 0 Å². The average Bonchev–Trinajstić information content (AvgIpc) is 2.41. The molecule has 0 aliphatic heterocycles. The molecule has 2 aromatic carbocycles. The summed E-state index contributed by atoms with van der Waals surface area (Å²) < 4.78 is 12.1. The van der Waals surface area contributed by atoms with Gasteiger partial charge in [-0.3, -0.25) is 4.79 Å². The molecule has 0 saturated heterocycles. The highest BCUT2D eigenvalue weighted by Crippen LogP contribution is 2.28. The van der Waals surface area contributed by atoms with Gasteiger partial charge in [0.25, 0.3) is 0 Å². The lowest BCUT2D eigenvalue weighted by molar-refractivity contribution is 0.266. The summed E-state index contributed by atoms with van der Waals surface area (Å²) >= 11 is 0. The van der Waals surface area contributed by atoms with Crippen molar-refractivity contribution >= 4 is 16.0 Å². The van der Waals surface area contributed by atoms with Crippen molar-refractivity contribution in [3.8, 4) is 0 Å². The highest BCUT2D eigenvalue weighted by atomic mass is 32.2. The maximum atomic E-state index is 12.1. The maximum absolute atomic E-state index is 12.1. The van der Waals surface area contributed by atoms with Gasteiger partial charge in [-0.1, -0.05) is 60.7 Å². The molecule has 18 heavy (non-hydrogen) atoms. The molecule has 0 fully saturated rings. The van der Waals surface area contributed by atoms with Gasteiger partial charge in [-0.15, -0.1) is 0 Å². The van der Waals surface area contributed by atoms with Crippen LogP contribution >= 0.6 is 0 Å². The van der Waals surface area contributed by atoms with Crippen LogP contribution in [0.3, 0.4) is 0 Å². The standard InChI is InChI=1S/C14H13NO2S/c15-14(16)18(17)13(11-7-3-1-4-8-11)12-9-5-2-6-10-12/h1-10,13H,(H2,15,16). The number of carbonyl (C=O) groups is 1. The molecule has 0 aliphatic rings. The van der Waals surface area contributed by atoms with Crippen LogP contribution in [0.1, 0.15) is 16.4 Å². The summed E-state index contributed by atoms with van der Waals surface area (Å²) in [6.07, 6.45) is 0. The first-order chi connectivity index (χ1) is 8.70. The molecule has 2 rings (SSSR count). The van der Waals surface area contributed by atoms with Crippen molar-refractivity contribution in [2.75, 3.05) is 0 Å². The average molecular weight is 259 g/mol. The quantitative estimate of drug-likeness (QED) is 0.921. The summed E-state index contributed by atoms with van der Waals surface area (Å²) in [6, 6.07) is 18.5. The largest absolute Gasteiger partial charge is 0.358 e. The molecule has 1 amide bonds. The van der Waals surface area contributed by atoms with Crippen LogP contribution in [0.5, 0.6) is 0 Å². The summed E-state index contributed by atoms with van der Waals surface area (Å²) in [5.41, 5.74) is 6.81. The van der Waals surface area contributed by atoms with E-state index in [1.165, 1.54) is 0 Å². The highest BCUT2D eigenvalue weighted by Gasteiger charge is 2.24. The lowest BCUT2D eigenvalue weighted by atomic mass is 10.0. The molecule has 0 saturated carbocycles. The van der Waals surface area contributed by atoms with Gasteiger partial charge in [0.15, 0.2) is 0 Å². The Kier molecular flexibility index (Phi) is 3.89. The van der Waals surface area contributed by atoms with Gasteiger partial charge in [0, 0.05) is 0 Å². The Morgan fingerprint density at radius 2 is 1.28 bits per heavy atom. The van der Waals surface area contributed by atoms with Crippen molar-refractivity contribution in [1.29, 1.82) is 0 Å². The van der Waals surface area contributed by atoms with E-state index in [2.05, 4.69) is 0 Å². The van der Waals surface area contributed by atoms with E-state index in [0.717, 1.165) is 11.1 Å². The van der Waals surface area contributed by atoms with Crippen LogP contribution in [0.4, 0.5) is 4.79 Å². The normalized spacial score (nSPS) is 12.3. The SMILES string of the molecule is NC(=O)S(=O)C(c1ccccc1)c1ccccc1. The topological polar surface area (TPSA) is 60.2 Å². The first-order valence-corrected chi connectivity index (χ1v) is 6.71. The number of primary amides is 1. The zero-order valence-electron chi connectivity index (χ0n) is 9.65. The minimum atomic E-state index is -1.77. The first kappa shape index (κ1) is 12.5. The highest BCUT2D eigenvalue weighted by molar-refractivity contribution is 8.00. The Morgan fingerprint density at radius 3 is 1.61 bits per heavy atom. The molecule has 0 bridgehead atoms. The maximum Gasteiger partial charge on any atom is 0.307 e. The Morgan fingerprint density at radius 1 is 0.889 bits per heavy atom. The molecule has 0 heterocycles. The third kappa shape index (κ3) is 2.65. The van der Waals surface area contributed by atoms with Crippen LogP contribution in [0.25, 0.3) is 0 Å². The molecule has 0 spiro atoms. The second-order valence-electron chi connectivity index (χ2n) is 3.82.